The number of hydrogen-bond donors (Lipinski definition) is 0. The number of hydrogen-bond acceptors (Lipinski definition) is 5. The normalized spacial score (nSPS) is 10.6. The molecule has 0 radical (unpaired) electrons. The first-order valence-corrected chi connectivity index (χ1v) is 10.0. The van der Waals surface area contributed by atoms with Crippen molar-refractivity contribution in [1.29, 1.82) is 0 Å². The lowest BCUT2D eigenvalue weighted by Crippen LogP contribution is -1.89. The molecule has 1 heterocycles. The fourth-order valence-electron chi connectivity index (χ4n) is 2.17. The zero-order chi connectivity index (χ0) is 17.5. The zero-order valence-electron chi connectivity index (χ0n) is 13.7. The first-order chi connectivity index (χ1) is 12.2. The Morgan fingerprint density at radius 1 is 0.920 bits per heavy atom. The zero-order valence-corrected chi connectivity index (χ0v) is 16.1. The second kappa shape index (κ2) is 9.13. The molecule has 0 fully saturated rings. The highest BCUT2D eigenvalue weighted by Crippen LogP contribution is 2.28. The monoisotopic (exact) mass is 388 g/mol. The molecule has 0 aliphatic heterocycles. The fraction of sp³-hybridized carbons (Fsp3) is 0.158. The Hall–Kier alpha value is -1.69. The van der Waals surface area contributed by atoms with Gasteiger partial charge in [-0.2, -0.15) is 0 Å². The topological polar surface area (TPSA) is 35.0 Å². The van der Waals surface area contributed by atoms with E-state index in [1.807, 2.05) is 48.5 Å². The molecule has 0 atom stereocenters. The van der Waals surface area contributed by atoms with E-state index < -0.39 is 0 Å². The van der Waals surface area contributed by atoms with Crippen molar-refractivity contribution >= 4 is 35.1 Å². The van der Waals surface area contributed by atoms with Crippen molar-refractivity contribution in [3.05, 3.63) is 77.1 Å². The Morgan fingerprint density at radius 3 is 2.44 bits per heavy atom. The van der Waals surface area contributed by atoms with Gasteiger partial charge in [0.25, 0.3) is 0 Å². The number of benzene rings is 2. The number of aromatic nitrogens is 2. The van der Waals surface area contributed by atoms with Crippen LogP contribution in [-0.4, -0.2) is 17.1 Å². The van der Waals surface area contributed by atoms with E-state index in [4.69, 9.17) is 16.3 Å². The van der Waals surface area contributed by atoms with Crippen LogP contribution in [0.2, 0.25) is 5.02 Å². The van der Waals surface area contributed by atoms with Gasteiger partial charge in [-0.05, 0) is 29.3 Å². The predicted molar refractivity (Wildman–Crippen MR) is 106 cm³/mol. The Kier molecular flexibility index (Phi) is 6.62. The van der Waals surface area contributed by atoms with Crippen molar-refractivity contribution in [2.45, 2.75) is 21.6 Å². The lowest BCUT2D eigenvalue weighted by Gasteiger charge is -2.06. The molecule has 0 unspecified atom stereocenters. The first-order valence-electron chi connectivity index (χ1n) is 7.68. The number of halogens is 1. The molecule has 128 valence electrons. The Morgan fingerprint density at radius 2 is 1.68 bits per heavy atom. The van der Waals surface area contributed by atoms with Crippen LogP contribution >= 0.6 is 35.1 Å². The molecule has 0 amide bonds. The number of nitrogens with zero attached hydrogens (tertiary/aromatic N) is 2. The minimum atomic E-state index is 0.788. The van der Waals surface area contributed by atoms with Crippen LogP contribution in [0.5, 0.6) is 5.75 Å². The molecule has 25 heavy (non-hydrogen) atoms. The average molecular weight is 389 g/mol. The lowest BCUT2D eigenvalue weighted by atomic mass is 10.2. The van der Waals surface area contributed by atoms with E-state index in [1.165, 1.54) is 5.56 Å². The van der Waals surface area contributed by atoms with Gasteiger partial charge in [-0.15, -0.1) is 23.5 Å². The molecule has 1 aromatic heterocycles. The summed E-state index contributed by atoms with van der Waals surface area (Å²) in [5, 5.41) is 2.69. The second-order valence-electron chi connectivity index (χ2n) is 5.21. The van der Waals surface area contributed by atoms with Crippen LogP contribution < -0.4 is 4.74 Å². The van der Waals surface area contributed by atoms with Crippen molar-refractivity contribution in [1.82, 2.24) is 9.97 Å². The van der Waals surface area contributed by atoms with E-state index in [1.54, 1.807) is 37.0 Å². The van der Waals surface area contributed by atoms with Gasteiger partial charge in [-0.25, -0.2) is 9.97 Å². The molecular weight excluding hydrogens is 372 g/mol. The molecule has 0 saturated carbocycles. The summed E-state index contributed by atoms with van der Waals surface area (Å²) < 4.78 is 5.26. The number of ether oxygens (including phenoxy) is 1. The molecule has 6 heteroatoms. The van der Waals surface area contributed by atoms with E-state index in [0.29, 0.717) is 0 Å². The van der Waals surface area contributed by atoms with E-state index in [0.717, 1.165) is 37.9 Å². The molecule has 3 nitrogen and oxygen atoms in total. The van der Waals surface area contributed by atoms with Gasteiger partial charge in [-0.1, -0.05) is 41.9 Å². The van der Waals surface area contributed by atoms with Crippen LogP contribution in [0.15, 0.2) is 71.0 Å². The number of rotatable bonds is 7. The molecule has 0 saturated heterocycles. The summed E-state index contributed by atoms with van der Waals surface area (Å²) >= 11 is 9.55. The second-order valence-corrected chi connectivity index (χ2v) is 7.61. The van der Waals surface area contributed by atoms with E-state index in [2.05, 4.69) is 16.0 Å². The molecule has 0 aliphatic carbocycles. The highest BCUT2D eigenvalue weighted by atomic mass is 35.5. The Balaban J connectivity index is 1.60. The van der Waals surface area contributed by atoms with Gasteiger partial charge in [-0.3, -0.25) is 0 Å². The maximum Gasteiger partial charge on any atom is 0.119 e. The summed E-state index contributed by atoms with van der Waals surface area (Å²) in [6.07, 6.45) is 1.61. The summed E-state index contributed by atoms with van der Waals surface area (Å²) in [6, 6.07) is 18.0. The highest BCUT2D eigenvalue weighted by Gasteiger charge is 2.05. The maximum absolute atomic E-state index is 6.20. The van der Waals surface area contributed by atoms with Gasteiger partial charge in [0.1, 0.15) is 22.1 Å². The molecule has 0 spiro atoms. The minimum Gasteiger partial charge on any atom is -0.497 e. The summed E-state index contributed by atoms with van der Waals surface area (Å²) in [7, 11) is 1.68. The molecule has 0 bridgehead atoms. The SMILES string of the molecule is COc1cccc(CSc2cc(SCc3ccccc3Cl)ncn2)c1. The number of thioether (sulfide) groups is 2. The van der Waals surface area contributed by atoms with E-state index in [-0.39, 0.29) is 0 Å². The largest absolute Gasteiger partial charge is 0.497 e. The summed E-state index contributed by atoms with van der Waals surface area (Å²) in [5.41, 5.74) is 2.31. The third kappa shape index (κ3) is 5.39. The van der Waals surface area contributed by atoms with Crippen molar-refractivity contribution in [2.75, 3.05) is 7.11 Å². The maximum atomic E-state index is 6.20. The standard InChI is InChI=1S/C19H17ClN2OS2/c1-23-16-7-4-5-14(9-16)11-24-18-10-19(22-13-21-18)25-12-15-6-2-3-8-17(15)20/h2-10,13H,11-12H2,1H3. The summed E-state index contributed by atoms with van der Waals surface area (Å²) in [6.45, 7) is 0. The predicted octanol–water partition coefficient (Wildman–Crippen LogP) is 5.72. The molecule has 2 aromatic carbocycles. The van der Waals surface area contributed by atoms with Crippen LogP contribution in [0, 0.1) is 0 Å². The molecule has 3 aromatic rings. The summed E-state index contributed by atoms with van der Waals surface area (Å²) in [4.78, 5) is 8.69. The third-order valence-electron chi connectivity index (χ3n) is 3.47. The lowest BCUT2D eigenvalue weighted by molar-refractivity contribution is 0.414. The van der Waals surface area contributed by atoms with Gasteiger partial charge in [0, 0.05) is 22.6 Å². The molecular formula is C19H17ClN2OS2. The van der Waals surface area contributed by atoms with Crippen molar-refractivity contribution in [3.8, 4) is 5.75 Å². The average Bonchev–Trinajstić information content (AvgIpc) is 2.66. The fourth-order valence-corrected chi connectivity index (χ4v) is 4.21. The van der Waals surface area contributed by atoms with Gasteiger partial charge in [0.05, 0.1) is 7.11 Å². The van der Waals surface area contributed by atoms with E-state index in [9.17, 15) is 0 Å². The molecule has 0 N–H and O–H groups in total. The minimum absolute atomic E-state index is 0.788. The summed E-state index contributed by atoms with van der Waals surface area (Å²) in [5.74, 6) is 2.50. The Bertz CT molecular complexity index is 845. The van der Waals surface area contributed by atoms with Crippen molar-refractivity contribution < 1.29 is 4.74 Å². The third-order valence-corrected chi connectivity index (χ3v) is 5.81. The Labute approximate surface area is 161 Å². The van der Waals surface area contributed by atoms with Gasteiger partial charge >= 0.3 is 0 Å². The molecule has 3 rings (SSSR count). The molecule has 0 aliphatic rings. The van der Waals surface area contributed by atoms with Crippen molar-refractivity contribution in [2.24, 2.45) is 0 Å². The highest BCUT2D eigenvalue weighted by molar-refractivity contribution is 7.99. The van der Waals surface area contributed by atoms with Gasteiger partial charge < -0.3 is 4.74 Å². The van der Waals surface area contributed by atoms with Crippen LogP contribution in [-0.2, 0) is 11.5 Å². The van der Waals surface area contributed by atoms with Gasteiger partial charge in [0.2, 0.25) is 0 Å². The van der Waals surface area contributed by atoms with Crippen LogP contribution in [0.1, 0.15) is 11.1 Å². The number of methoxy groups -OCH3 is 1. The van der Waals surface area contributed by atoms with Crippen LogP contribution in [0.25, 0.3) is 0 Å². The smallest absolute Gasteiger partial charge is 0.119 e. The van der Waals surface area contributed by atoms with Crippen molar-refractivity contribution in [3.63, 3.8) is 0 Å². The van der Waals surface area contributed by atoms with Crippen LogP contribution in [0.3, 0.4) is 0 Å². The quantitative estimate of drug-likeness (QED) is 0.382. The van der Waals surface area contributed by atoms with Crippen LogP contribution in [0.4, 0.5) is 0 Å². The van der Waals surface area contributed by atoms with E-state index >= 15 is 0 Å². The first kappa shape index (κ1) is 18.1. The van der Waals surface area contributed by atoms with Gasteiger partial charge in [0.15, 0.2) is 0 Å².